The van der Waals surface area contributed by atoms with E-state index in [1.54, 1.807) is 0 Å². The lowest BCUT2D eigenvalue weighted by molar-refractivity contribution is 0.136. The van der Waals surface area contributed by atoms with Crippen LogP contribution in [0.4, 0.5) is 0 Å². The van der Waals surface area contributed by atoms with Gasteiger partial charge in [0.05, 0.1) is 0 Å². The van der Waals surface area contributed by atoms with Crippen molar-refractivity contribution < 1.29 is 0 Å². The molecule has 0 aliphatic carbocycles. The fraction of sp³-hybridized carbons (Fsp3) is 0.933. The van der Waals surface area contributed by atoms with Crippen LogP contribution in [0.2, 0.25) is 0 Å². The number of nitrogens with two attached hydrogens (primary N) is 1. The summed E-state index contributed by atoms with van der Waals surface area (Å²) < 4.78 is 0. The standard InChI is InChI=1S/C15H33N5.HI/c1-4-18-11-13-19(14-12-18)10-8-7-9-17-15(16)20(5-2)6-3;/h4-14H2,1-3H3,(H2,16,17);1H. The fourth-order valence-corrected chi connectivity index (χ4v) is 2.62. The van der Waals surface area contributed by atoms with Gasteiger partial charge in [0.1, 0.15) is 0 Å². The summed E-state index contributed by atoms with van der Waals surface area (Å²) in [5.74, 6) is 0.701. The van der Waals surface area contributed by atoms with Crippen LogP contribution in [0.1, 0.15) is 33.6 Å². The Hall–Kier alpha value is -0.0800. The number of aliphatic imine (C=N–C) groups is 1. The van der Waals surface area contributed by atoms with Gasteiger partial charge in [-0.1, -0.05) is 6.92 Å². The molecule has 1 aliphatic heterocycles. The summed E-state index contributed by atoms with van der Waals surface area (Å²) >= 11 is 0. The third-order valence-electron chi connectivity index (χ3n) is 4.16. The van der Waals surface area contributed by atoms with E-state index < -0.39 is 0 Å². The number of rotatable bonds is 8. The van der Waals surface area contributed by atoms with Gasteiger partial charge in [-0.3, -0.25) is 4.99 Å². The van der Waals surface area contributed by atoms with Gasteiger partial charge in [-0.05, 0) is 39.8 Å². The molecule has 1 rings (SSSR count). The summed E-state index contributed by atoms with van der Waals surface area (Å²) in [5, 5.41) is 0. The summed E-state index contributed by atoms with van der Waals surface area (Å²) in [6.45, 7) is 16.5. The maximum atomic E-state index is 5.95. The molecule has 5 nitrogen and oxygen atoms in total. The maximum absolute atomic E-state index is 5.95. The first-order valence-corrected chi connectivity index (χ1v) is 8.20. The average Bonchev–Trinajstić information content (AvgIpc) is 2.49. The average molecular weight is 411 g/mol. The molecule has 0 amide bonds. The van der Waals surface area contributed by atoms with Gasteiger partial charge in [0.15, 0.2) is 5.96 Å². The zero-order valence-corrected chi connectivity index (χ0v) is 16.4. The van der Waals surface area contributed by atoms with Crippen LogP contribution in [0, 0.1) is 0 Å². The Labute approximate surface area is 148 Å². The van der Waals surface area contributed by atoms with E-state index in [4.69, 9.17) is 5.73 Å². The number of guanidine groups is 1. The topological polar surface area (TPSA) is 48.1 Å². The summed E-state index contributed by atoms with van der Waals surface area (Å²) in [6, 6.07) is 0. The smallest absolute Gasteiger partial charge is 0.191 e. The van der Waals surface area contributed by atoms with E-state index in [1.807, 2.05) is 0 Å². The van der Waals surface area contributed by atoms with E-state index >= 15 is 0 Å². The minimum Gasteiger partial charge on any atom is -0.370 e. The predicted molar refractivity (Wildman–Crippen MR) is 103 cm³/mol. The van der Waals surface area contributed by atoms with E-state index in [0.717, 1.165) is 26.1 Å². The fourth-order valence-electron chi connectivity index (χ4n) is 2.62. The molecule has 0 radical (unpaired) electrons. The van der Waals surface area contributed by atoms with Crippen molar-refractivity contribution in [1.29, 1.82) is 0 Å². The lowest BCUT2D eigenvalue weighted by Crippen LogP contribution is -2.46. The number of hydrogen-bond donors (Lipinski definition) is 1. The molecular weight excluding hydrogens is 377 g/mol. The highest BCUT2D eigenvalue weighted by atomic mass is 127. The maximum Gasteiger partial charge on any atom is 0.191 e. The number of piperazine rings is 1. The lowest BCUT2D eigenvalue weighted by Gasteiger charge is -2.33. The van der Waals surface area contributed by atoms with Gasteiger partial charge >= 0.3 is 0 Å². The van der Waals surface area contributed by atoms with Crippen LogP contribution in [0.15, 0.2) is 4.99 Å². The zero-order chi connectivity index (χ0) is 14.8. The molecular formula is C15H34IN5. The van der Waals surface area contributed by atoms with Gasteiger partial charge in [-0.25, -0.2) is 0 Å². The molecule has 1 fully saturated rings. The molecule has 0 aromatic rings. The normalized spacial score (nSPS) is 17.6. The van der Waals surface area contributed by atoms with Crippen molar-refractivity contribution in [3.8, 4) is 0 Å². The molecule has 2 N–H and O–H groups in total. The first-order chi connectivity index (χ1) is 9.71. The van der Waals surface area contributed by atoms with Gasteiger partial charge in [-0.2, -0.15) is 0 Å². The highest BCUT2D eigenvalue weighted by Crippen LogP contribution is 2.03. The van der Waals surface area contributed by atoms with Gasteiger partial charge in [0.2, 0.25) is 0 Å². The number of nitrogens with zero attached hydrogens (tertiary/aromatic N) is 4. The number of hydrogen-bond acceptors (Lipinski definition) is 3. The van der Waals surface area contributed by atoms with Gasteiger partial charge in [0.25, 0.3) is 0 Å². The highest BCUT2D eigenvalue weighted by molar-refractivity contribution is 14.0. The quantitative estimate of drug-likeness (QED) is 0.286. The third kappa shape index (κ3) is 8.21. The second-order valence-corrected chi connectivity index (χ2v) is 5.40. The van der Waals surface area contributed by atoms with Gasteiger partial charge in [0, 0.05) is 45.8 Å². The summed E-state index contributed by atoms with van der Waals surface area (Å²) in [5.41, 5.74) is 5.95. The Morgan fingerprint density at radius 1 is 1.00 bits per heavy atom. The minimum absolute atomic E-state index is 0. The van der Waals surface area contributed by atoms with Crippen molar-refractivity contribution in [1.82, 2.24) is 14.7 Å². The molecule has 126 valence electrons. The van der Waals surface area contributed by atoms with Gasteiger partial charge in [-0.15, -0.1) is 24.0 Å². The van der Waals surface area contributed by atoms with E-state index in [9.17, 15) is 0 Å². The molecule has 0 saturated carbocycles. The molecule has 1 heterocycles. The Balaban J connectivity index is 0.00000400. The largest absolute Gasteiger partial charge is 0.370 e. The monoisotopic (exact) mass is 411 g/mol. The van der Waals surface area contributed by atoms with E-state index in [2.05, 4.69) is 40.5 Å². The van der Waals surface area contributed by atoms with Crippen LogP contribution in [0.3, 0.4) is 0 Å². The molecule has 0 aromatic heterocycles. The van der Waals surface area contributed by atoms with Crippen LogP contribution in [-0.2, 0) is 0 Å². The molecule has 1 saturated heterocycles. The second-order valence-electron chi connectivity index (χ2n) is 5.40. The number of halogens is 1. The lowest BCUT2D eigenvalue weighted by atomic mass is 10.2. The molecule has 1 aliphatic rings. The van der Waals surface area contributed by atoms with Crippen molar-refractivity contribution in [3.63, 3.8) is 0 Å². The SMILES string of the molecule is CCN1CCN(CCCCN=C(N)N(CC)CC)CC1.I. The molecule has 0 aromatic carbocycles. The Morgan fingerprint density at radius 3 is 2.10 bits per heavy atom. The van der Waals surface area contributed by atoms with Crippen molar-refractivity contribution in [2.45, 2.75) is 33.6 Å². The van der Waals surface area contributed by atoms with Gasteiger partial charge < -0.3 is 20.4 Å². The highest BCUT2D eigenvalue weighted by Gasteiger charge is 2.14. The van der Waals surface area contributed by atoms with Crippen LogP contribution in [-0.4, -0.2) is 79.6 Å². The minimum atomic E-state index is 0. The zero-order valence-electron chi connectivity index (χ0n) is 14.1. The molecule has 21 heavy (non-hydrogen) atoms. The number of unbranched alkanes of at least 4 members (excludes halogenated alkanes) is 1. The Morgan fingerprint density at radius 2 is 1.57 bits per heavy atom. The first-order valence-electron chi connectivity index (χ1n) is 8.20. The van der Waals surface area contributed by atoms with Crippen LogP contribution < -0.4 is 5.73 Å². The Kier molecular flexibility index (Phi) is 12.4. The summed E-state index contributed by atoms with van der Waals surface area (Å²) in [6.07, 6.45) is 2.36. The predicted octanol–water partition coefficient (Wildman–Crippen LogP) is 1.68. The molecule has 0 unspecified atom stereocenters. The molecule has 6 heteroatoms. The van der Waals surface area contributed by atoms with Crippen molar-refractivity contribution in [2.24, 2.45) is 10.7 Å². The van der Waals surface area contributed by atoms with Crippen LogP contribution in [0.25, 0.3) is 0 Å². The Bertz CT molecular complexity index is 273. The van der Waals surface area contributed by atoms with Crippen molar-refractivity contribution in [3.05, 3.63) is 0 Å². The molecule has 0 atom stereocenters. The van der Waals surface area contributed by atoms with Crippen molar-refractivity contribution >= 4 is 29.9 Å². The molecule has 0 spiro atoms. The molecule has 0 bridgehead atoms. The second kappa shape index (κ2) is 12.5. The van der Waals surface area contributed by atoms with Crippen molar-refractivity contribution in [2.75, 3.05) is 58.9 Å². The summed E-state index contributed by atoms with van der Waals surface area (Å²) in [7, 11) is 0. The summed E-state index contributed by atoms with van der Waals surface area (Å²) in [4.78, 5) is 11.7. The van der Waals surface area contributed by atoms with Crippen LogP contribution >= 0.6 is 24.0 Å². The number of likely N-dealkylation sites (N-methyl/N-ethyl adjacent to an activating group) is 1. The van der Waals surface area contributed by atoms with E-state index in [0.29, 0.717) is 5.96 Å². The third-order valence-corrected chi connectivity index (χ3v) is 4.16. The van der Waals surface area contributed by atoms with Crippen LogP contribution in [0.5, 0.6) is 0 Å². The first kappa shape index (κ1) is 20.9. The van der Waals surface area contributed by atoms with E-state index in [-0.39, 0.29) is 24.0 Å². The van der Waals surface area contributed by atoms with E-state index in [1.165, 1.54) is 45.7 Å².